The van der Waals surface area contributed by atoms with Crippen LogP contribution in [0.4, 0.5) is 0 Å². The number of hydrogen-bond donors (Lipinski definition) is 2. The first-order valence-corrected chi connectivity index (χ1v) is 6.53. The van der Waals surface area contributed by atoms with Gasteiger partial charge in [-0.3, -0.25) is 9.98 Å². The number of hydrogen-bond acceptors (Lipinski definition) is 4. The van der Waals surface area contributed by atoms with Crippen LogP contribution in [0.1, 0.15) is 11.1 Å². The summed E-state index contributed by atoms with van der Waals surface area (Å²) in [4.78, 5) is 8.39. The Labute approximate surface area is 145 Å². The van der Waals surface area contributed by atoms with Gasteiger partial charge in [0.15, 0.2) is 0 Å². The van der Waals surface area contributed by atoms with Gasteiger partial charge in [-0.25, -0.2) is 0 Å². The smallest absolute Gasteiger partial charge is 0 e. The van der Waals surface area contributed by atoms with E-state index in [-0.39, 0.29) is 28.3 Å². The molecule has 2 aromatic rings. The predicted molar refractivity (Wildman–Crippen MR) is 85.1 cm³/mol. The van der Waals surface area contributed by atoms with Crippen LogP contribution in [0.2, 0.25) is 0 Å². The molecule has 2 aromatic carbocycles. The Balaban J connectivity index is 0.00000155. The molecule has 1 radical (unpaired) electrons. The van der Waals surface area contributed by atoms with Gasteiger partial charge in [0.1, 0.15) is 11.5 Å². The van der Waals surface area contributed by atoms with Crippen LogP contribution in [-0.2, 0) is 21.4 Å². The number of aliphatic imine (C=N–C) groups is 2. The van der Waals surface area contributed by atoms with E-state index in [1.54, 1.807) is 48.8 Å². The fraction of sp³-hybridized carbons (Fsp3) is 0.118. The summed E-state index contributed by atoms with van der Waals surface area (Å²) in [5, 5.41) is 19.1. The van der Waals surface area contributed by atoms with Crippen LogP contribution < -0.4 is 0 Å². The number of nitrogens with zero attached hydrogens (tertiary/aromatic N) is 2. The average Bonchev–Trinajstić information content (AvgIpc) is 2.56. The molecule has 0 bridgehead atoms. The Kier molecular flexibility index (Phi) is 10.9. The maximum atomic E-state index is 9.54. The Morgan fingerprint density at radius 2 is 1.13 bits per heavy atom. The quantitative estimate of drug-likeness (QED) is 0.374. The van der Waals surface area contributed by atoms with Crippen molar-refractivity contribution in [1.29, 1.82) is 0 Å². The molecule has 0 aromatic heterocycles. The van der Waals surface area contributed by atoms with E-state index in [1.807, 2.05) is 12.1 Å². The SMILES string of the molecule is Oc1ccccc1C=NCCN=Cc1ccccc1O.[C-]#[O+].[Co]. The van der Waals surface area contributed by atoms with Crippen molar-refractivity contribution in [3.63, 3.8) is 0 Å². The van der Waals surface area contributed by atoms with E-state index in [9.17, 15) is 10.2 Å². The van der Waals surface area contributed by atoms with Crippen molar-refractivity contribution in [2.75, 3.05) is 13.1 Å². The van der Waals surface area contributed by atoms with Crippen LogP contribution in [0.15, 0.2) is 58.5 Å². The summed E-state index contributed by atoms with van der Waals surface area (Å²) in [5.74, 6) is 0.433. The van der Waals surface area contributed by atoms with Crippen LogP contribution in [-0.4, -0.2) is 35.7 Å². The van der Waals surface area contributed by atoms with Crippen LogP contribution in [0.25, 0.3) is 0 Å². The molecule has 2 rings (SSSR count). The van der Waals surface area contributed by atoms with Gasteiger partial charge in [-0.15, -0.1) is 0 Å². The maximum Gasteiger partial charge on any atom is 0 e. The van der Waals surface area contributed by atoms with Crippen molar-refractivity contribution >= 4 is 12.4 Å². The fourth-order valence-corrected chi connectivity index (χ4v) is 1.63. The molecule has 0 atom stereocenters. The van der Waals surface area contributed by atoms with E-state index in [2.05, 4.69) is 16.6 Å². The standard InChI is InChI=1S/C16H16N2O2.CO.Co/c19-15-7-3-1-5-13(15)11-17-9-10-18-12-14-6-2-4-8-16(14)20;1-2;/h1-8,11-12,19-20H,9-10H2;;. The van der Waals surface area contributed by atoms with Crippen LogP contribution in [0.3, 0.4) is 0 Å². The first-order valence-electron chi connectivity index (χ1n) is 6.53. The van der Waals surface area contributed by atoms with Gasteiger partial charge in [-0.2, -0.15) is 0 Å². The molecule has 0 aliphatic rings. The molecule has 2 N–H and O–H groups in total. The molecule has 0 unspecified atom stereocenters. The third-order valence-electron chi connectivity index (χ3n) is 2.69. The van der Waals surface area contributed by atoms with E-state index in [0.717, 1.165) is 0 Å². The van der Waals surface area contributed by atoms with Gasteiger partial charge in [0.2, 0.25) is 0 Å². The molecule has 5 nitrogen and oxygen atoms in total. The minimum absolute atomic E-state index is 0. The Morgan fingerprint density at radius 1 is 0.783 bits per heavy atom. The molecule has 0 fully saturated rings. The molecule has 0 saturated carbocycles. The predicted octanol–water partition coefficient (Wildman–Crippen LogP) is 2.60. The van der Waals surface area contributed by atoms with Crippen molar-refractivity contribution in [1.82, 2.24) is 0 Å². The summed E-state index contributed by atoms with van der Waals surface area (Å²) >= 11 is 0. The largest absolute Gasteiger partial charge is 0 e. The number of para-hydroxylation sites is 2. The van der Waals surface area contributed by atoms with Gasteiger partial charge in [0.25, 0.3) is 0 Å². The summed E-state index contributed by atoms with van der Waals surface area (Å²) in [6.07, 6.45) is 3.26. The number of benzene rings is 2. The monoisotopic (exact) mass is 355 g/mol. The molecule has 121 valence electrons. The molecule has 0 heterocycles. The molecule has 6 heteroatoms. The number of rotatable bonds is 5. The van der Waals surface area contributed by atoms with Crippen molar-refractivity contribution in [2.45, 2.75) is 0 Å². The van der Waals surface area contributed by atoms with Crippen molar-refractivity contribution in [3.05, 3.63) is 66.3 Å². The van der Waals surface area contributed by atoms with Crippen molar-refractivity contribution in [3.8, 4) is 11.5 Å². The minimum atomic E-state index is 0. The zero-order valence-corrected chi connectivity index (χ0v) is 13.3. The van der Waals surface area contributed by atoms with Crippen LogP contribution in [0, 0.1) is 6.65 Å². The minimum Gasteiger partial charge on any atom is 0 e. The first-order chi connectivity index (χ1) is 10.8. The second-order valence-electron chi connectivity index (χ2n) is 4.19. The third kappa shape index (κ3) is 7.44. The van der Waals surface area contributed by atoms with Crippen LogP contribution >= 0.6 is 0 Å². The second-order valence-corrected chi connectivity index (χ2v) is 4.19. The Bertz CT molecular complexity index is 614. The molecule has 0 aliphatic carbocycles. The van der Waals surface area contributed by atoms with Gasteiger partial charge in [0.05, 0.1) is 13.1 Å². The molecule has 0 amide bonds. The molecule has 23 heavy (non-hydrogen) atoms. The van der Waals surface area contributed by atoms with Gasteiger partial charge in [-0.1, -0.05) is 24.3 Å². The van der Waals surface area contributed by atoms with Crippen molar-refractivity contribution < 1.29 is 31.6 Å². The van der Waals surface area contributed by atoms with Crippen molar-refractivity contribution in [2.24, 2.45) is 9.98 Å². The topological polar surface area (TPSA) is 85.1 Å². The fourth-order valence-electron chi connectivity index (χ4n) is 1.63. The molecule has 0 saturated heterocycles. The summed E-state index contributed by atoms with van der Waals surface area (Å²) in [5.41, 5.74) is 1.38. The number of phenols is 2. The van der Waals surface area contributed by atoms with Gasteiger partial charge in [-0.05, 0) is 24.3 Å². The molecule has 0 aliphatic heterocycles. The maximum absolute atomic E-state index is 9.54. The summed E-state index contributed by atoms with van der Waals surface area (Å²) < 4.78 is 7.50. The zero-order chi connectivity index (χ0) is 16.2. The third-order valence-corrected chi connectivity index (χ3v) is 2.69. The second kappa shape index (κ2) is 12.2. The normalized spacial score (nSPS) is 10.0. The summed E-state index contributed by atoms with van der Waals surface area (Å²) in [7, 11) is 0. The Morgan fingerprint density at radius 3 is 1.48 bits per heavy atom. The molecule has 0 spiro atoms. The van der Waals surface area contributed by atoms with E-state index in [1.165, 1.54) is 0 Å². The average molecular weight is 355 g/mol. The first kappa shape index (κ1) is 20.6. The Hall–Kier alpha value is -2.37. The van der Waals surface area contributed by atoms with E-state index in [4.69, 9.17) is 4.65 Å². The van der Waals surface area contributed by atoms with E-state index >= 15 is 0 Å². The molecular weight excluding hydrogens is 339 g/mol. The van der Waals surface area contributed by atoms with Gasteiger partial charge >= 0.3 is 11.3 Å². The van der Waals surface area contributed by atoms with Gasteiger partial charge in [0, 0.05) is 40.3 Å². The van der Waals surface area contributed by atoms with E-state index in [0.29, 0.717) is 24.2 Å². The van der Waals surface area contributed by atoms with E-state index < -0.39 is 0 Å². The van der Waals surface area contributed by atoms with Gasteiger partial charge < -0.3 is 10.2 Å². The summed E-state index contributed by atoms with van der Waals surface area (Å²) in [6.45, 7) is 5.55. The zero-order valence-electron chi connectivity index (χ0n) is 12.2. The number of aromatic hydroxyl groups is 2. The summed E-state index contributed by atoms with van der Waals surface area (Å²) in [6, 6.07) is 14.1. The number of phenolic OH excluding ortho intramolecular Hbond substituents is 2. The molecular formula is C17H16CoN2O3. The van der Waals surface area contributed by atoms with Crippen LogP contribution in [0.5, 0.6) is 11.5 Å².